The predicted octanol–water partition coefficient (Wildman–Crippen LogP) is 15.7. The molecular weight excluding hydrogens is 581 g/mol. The third-order valence-corrected chi connectivity index (χ3v) is 10.5. The fraction of sp³-hybridized carbons (Fsp3) is 0.652. The maximum Gasteiger partial charge on any atom is 0.211 e. The number of hydrogen-bond acceptors (Lipinski definition) is 0. The Kier molecular flexibility index (Phi) is 20.5. The third kappa shape index (κ3) is 14.6. The van der Waals surface area contributed by atoms with Crippen LogP contribution in [-0.2, 0) is 0 Å². The van der Waals surface area contributed by atoms with E-state index < -0.39 is 0 Å². The second kappa shape index (κ2) is 24.6. The zero-order chi connectivity index (χ0) is 34.2. The van der Waals surface area contributed by atoms with Crippen LogP contribution in [0.3, 0.4) is 0 Å². The van der Waals surface area contributed by atoms with Crippen LogP contribution < -0.4 is 0 Å². The second-order valence-corrected chi connectivity index (χ2v) is 15.0. The summed E-state index contributed by atoms with van der Waals surface area (Å²) in [6, 6.07) is 17.3. The van der Waals surface area contributed by atoms with Gasteiger partial charge in [0.2, 0.25) is 11.4 Å². The van der Waals surface area contributed by atoms with E-state index >= 15 is 0 Å². The quantitative estimate of drug-likeness (QED) is 0.0646. The van der Waals surface area contributed by atoms with E-state index in [1.807, 2.05) is 0 Å². The normalized spacial score (nSPS) is 13.4. The standard InChI is InChI=1S/C46H72N2/c1-5-7-9-10-11-12-13-14-15-16-17-18-19-20-21-22-23-24-25-26-27-28-36-44-43(35-8-6-2)45(41-33-29-31-39(3)37-41)48(47)46(44)42-34-30-32-40(4)38-42/h29-34,37-38H,5-28,35-36H2,1-4H3. The molecule has 1 heterocycles. The van der Waals surface area contributed by atoms with E-state index in [2.05, 4.69) is 76.2 Å². The summed E-state index contributed by atoms with van der Waals surface area (Å²) in [5.41, 5.74) is 21.2. The van der Waals surface area contributed by atoms with Gasteiger partial charge in [-0.3, -0.25) is 0 Å². The SMILES string of the molecule is CCCCCCCCCCCCCCCCCCCCCCCCC1=C(c2cccc(C)c2)[N+](=[N-])C(c2cccc(C)c2)=C1CCCC. The molecule has 2 nitrogen and oxygen atoms in total. The average Bonchev–Trinajstić information content (AvgIpc) is 3.36. The highest BCUT2D eigenvalue weighted by molar-refractivity contribution is 5.82. The summed E-state index contributed by atoms with van der Waals surface area (Å²) in [6.07, 6.45) is 35.4. The fourth-order valence-electron chi connectivity index (χ4n) is 7.63. The Bertz CT molecular complexity index is 1250. The van der Waals surface area contributed by atoms with Gasteiger partial charge in [-0.15, -0.1) is 0 Å². The van der Waals surface area contributed by atoms with E-state index in [1.54, 1.807) is 0 Å². The number of unbranched alkanes of at least 4 members (excludes halogenated alkanes) is 22. The summed E-state index contributed by atoms with van der Waals surface area (Å²) in [7, 11) is 0. The van der Waals surface area contributed by atoms with Crippen LogP contribution in [0, 0.1) is 13.8 Å². The Morgan fingerprint density at radius 2 is 0.729 bits per heavy atom. The lowest BCUT2D eigenvalue weighted by atomic mass is 9.91. The van der Waals surface area contributed by atoms with E-state index in [9.17, 15) is 5.53 Å². The van der Waals surface area contributed by atoms with Gasteiger partial charge < -0.3 is 5.53 Å². The third-order valence-electron chi connectivity index (χ3n) is 10.5. The first-order valence-electron chi connectivity index (χ1n) is 20.7. The summed E-state index contributed by atoms with van der Waals surface area (Å²) in [5, 5.41) is 0. The molecule has 0 amide bonds. The molecule has 0 N–H and O–H groups in total. The van der Waals surface area contributed by atoms with Gasteiger partial charge in [-0.25, -0.2) is 4.70 Å². The van der Waals surface area contributed by atoms with E-state index in [0.29, 0.717) is 0 Å². The molecule has 1 aliphatic heterocycles. The zero-order valence-electron chi connectivity index (χ0n) is 31.9. The molecule has 0 spiro atoms. The van der Waals surface area contributed by atoms with Crippen LogP contribution in [-0.4, -0.2) is 4.70 Å². The molecule has 0 atom stereocenters. The molecule has 0 saturated heterocycles. The van der Waals surface area contributed by atoms with Crippen molar-refractivity contribution in [1.29, 1.82) is 0 Å². The van der Waals surface area contributed by atoms with Gasteiger partial charge in [-0.05, 0) is 63.8 Å². The number of allylic oxidation sites excluding steroid dienone is 2. The van der Waals surface area contributed by atoms with Crippen LogP contribution in [0.25, 0.3) is 16.9 Å². The van der Waals surface area contributed by atoms with Crippen molar-refractivity contribution in [3.05, 3.63) is 87.5 Å². The Hall–Kier alpha value is -2.48. The molecule has 0 saturated carbocycles. The van der Waals surface area contributed by atoms with E-state index in [1.165, 1.54) is 168 Å². The van der Waals surface area contributed by atoms with E-state index in [4.69, 9.17) is 0 Å². The van der Waals surface area contributed by atoms with Crippen LogP contribution in [0.4, 0.5) is 0 Å². The topological polar surface area (TPSA) is 25.3 Å². The van der Waals surface area contributed by atoms with Gasteiger partial charge in [-0.2, -0.15) is 0 Å². The predicted molar refractivity (Wildman–Crippen MR) is 211 cm³/mol. The molecule has 48 heavy (non-hydrogen) atoms. The average molecular weight is 653 g/mol. The molecule has 1 aliphatic rings. The second-order valence-electron chi connectivity index (χ2n) is 15.0. The molecule has 2 heteroatoms. The molecule has 0 aliphatic carbocycles. The maximum absolute atomic E-state index is 11.8. The lowest BCUT2D eigenvalue weighted by Gasteiger charge is -2.10. The summed E-state index contributed by atoms with van der Waals surface area (Å²) in [5.74, 6) is 0. The minimum Gasteiger partial charge on any atom is -0.493 e. The van der Waals surface area contributed by atoms with Crippen molar-refractivity contribution >= 4 is 11.4 Å². The Labute approximate surface area is 297 Å². The van der Waals surface area contributed by atoms with E-state index in [0.717, 1.165) is 48.2 Å². The lowest BCUT2D eigenvalue weighted by Crippen LogP contribution is -2.03. The van der Waals surface area contributed by atoms with Crippen molar-refractivity contribution in [3.8, 4) is 0 Å². The number of rotatable bonds is 28. The molecule has 2 aromatic rings. The molecule has 0 aromatic heterocycles. The van der Waals surface area contributed by atoms with Crippen molar-refractivity contribution in [2.24, 2.45) is 0 Å². The molecule has 2 aromatic carbocycles. The Morgan fingerprint density at radius 3 is 1.06 bits per heavy atom. The number of aryl methyl sites for hydroxylation is 2. The summed E-state index contributed by atoms with van der Waals surface area (Å²) >= 11 is 0. The highest BCUT2D eigenvalue weighted by Gasteiger charge is 2.35. The zero-order valence-corrected chi connectivity index (χ0v) is 31.9. The smallest absolute Gasteiger partial charge is 0.211 e. The van der Waals surface area contributed by atoms with Crippen molar-refractivity contribution in [1.82, 2.24) is 0 Å². The minimum atomic E-state index is 0.998. The van der Waals surface area contributed by atoms with Gasteiger partial charge in [0, 0.05) is 22.3 Å². The van der Waals surface area contributed by atoms with Gasteiger partial charge in [0.25, 0.3) is 0 Å². The molecule has 3 rings (SSSR count). The molecule has 0 radical (unpaired) electrons. The monoisotopic (exact) mass is 653 g/mol. The van der Waals surface area contributed by atoms with Crippen LogP contribution in [0.5, 0.6) is 0 Å². The molecule has 266 valence electrons. The summed E-state index contributed by atoms with van der Waals surface area (Å²) in [4.78, 5) is 0. The first kappa shape index (κ1) is 40.0. The van der Waals surface area contributed by atoms with Crippen molar-refractivity contribution in [2.45, 2.75) is 195 Å². The van der Waals surface area contributed by atoms with Crippen LogP contribution >= 0.6 is 0 Å². The van der Waals surface area contributed by atoms with Crippen molar-refractivity contribution in [3.63, 3.8) is 0 Å². The summed E-state index contributed by atoms with van der Waals surface area (Å²) < 4.78 is 1.53. The van der Waals surface area contributed by atoms with Gasteiger partial charge in [0.1, 0.15) is 0 Å². The van der Waals surface area contributed by atoms with Crippen LogP contribution in [0.15, 0.2) is 59.7 Å². The fourth-order valence-corrected chi connectivity index (χ4v) is 7.63. The highest BCUT2D eigenvalue weighted by atomic mass is 15.2. The number of nitrogens with zero attached hydrogens (tertiary/aromatic N) is 2. The van der Waals surface area contributed by atoms with Crippen molar-refractivity contribution in [2.75, 3.05) is 0 Å². The lowest BCUT2D eigenvalue weighted by molar-refractivity contribution is -0.345. The number of benzene rings is 2. The van der Waals surface area contributed by atoms with E-state index in [-0.39, 0.29) is 0 Å². The first-order chi connectivity index (χ1) is 23.6. The van der Waals surface area contributed by atoms with Gasteiger partial charge in [-0.1, -0.05) is 190 Å². The highest BCUT2D eigenvalue weighted by Crippen LogP contribution is 2.44. The summed E-state index contributed by atoms with van der Waals surface area (Å²) in [6.45, 7) is 8.86. The van der Waals surface area contributed by atoms with Crippen molar-refractivity contribution < 1.29 is 4.70 Å². The maximum atomic E-state index is 11.8. The van der Waals surface area contributed by atoms with Gasteiger partial charge in [0.05, 0.1) is 0 Å². The Balaban J connectivity index is 1.33. The first-order valence-corrected chi connectivity index (χ1v) is 20.7. The molecule has 0 bridgehead atoms. The van der Waals surface area contributed by atoms with Crippen LogP contribution in [0.1, 0.15) is 203 Å². The molecule has 0 fully saturated rings. The molecule has 0 unspecified atom stereocenters. The van der Waals surface area contributed by atoms with Gasteiger partial charge in [0.15, 0.2) is 0 Å². The largest absolute Gasteiger partial charge is 0.493 e. The minimum absolute atomic E-state index is 0.998. The molecular formula is C46H72N2. The van der Waals surface area contributed by atoms with Gasteiger partial charge >= 0.3 is 0 Å². The Morgan fingerprint density at radius 1 is 0.417 bits per heavy atom. The number of hydrogen-bond donors (Lipinski definition) is 0. The van der Waals surface area contributed by atoms with Crippen LogP contribution in [0.2, 0.25) is 0 Å².